The summed E-state index contributed by atoms with van der Waals surface area (Å²) in [7, 11) is 0. The zero-order valence-electron chi connectivity index (χ0n) is 11.2. The fraction of sp³-hybridized carbons (Fsp3) is 0.643. The maximum absolute atomic E-state index is 12.1. The van der Waals surface area contributed by atoms with Crippen molar-refractivity contribution in [3.05, 3.63) is 23.3 Å². The highest BCUT2D eigenvalue weighted by Crippen LogP contribution is 2.34. The van der Waals surface area contributed by atoms with Gasteiger partial charge in [0.15, 0.2) is 0 Å². The molecule has 0 aromatic heterocycles. The monoisotopic (exact) mass is 222 g/mol. The van der Waals surface area contributed by atoms with Gasteiger partial charge in [-0.25, -0.2) is 0 Å². The van der Waals surface area contributed by atoms with Crippen molar-refractivity contribution in [2.75, 3.05) is 0 Å². The molecule has 0 saturated carbocycles. The molecule has 0 heterocycles. The van der Waals surface area contributed by atoms with Crippen molar-refractivity contribution in [2.24, 2.45) is 5.41 Å². The molecule has 0 amide bonds. The third-order valence-electron chi connectivity index (χ3n) is 2.49. The van der Waals surface area contributed by atoms with Gasteiger partial charge in [-0.15, -0.1) is 0 Å². The Hall–Kier alpha value is -1.05. The molecule has 1 aliphatic carbocycles. The highest BCUT2D eigenvalue weighted by Gasteiger charge is 2.35. The number of hydrogen-bond acceptors (Lipinski definition) is 2. The summed E-state index contributed by atoms with van der Waals surface area (Å²) in [5.41, 5.74) is 1.43. The van der Waals surface area contributed by atoms with E-state index in [1.54, 1.807) is 0 Å². The molecule has 2 nitrogen and oxygen atoms in total. The quantitative estimate of drug-likeness (QED) is 0.500. The van der Waals surface area contributed by atoms with Gasteiger partial charge in [0.25, 0.3) is 0 Å². The number of hydrogen-bond donors (Lipinski definition) is 0. The van der Waals surface area contributed by atoms with E-state index in [1.165, 1.54) is 11.1 Å². The minimum absolute atomic E-state index is 0.168. The Balaban J connectivity index is 2.93. The van der Waals surface area contributed by atoms with Gasteiger partial charge in [-0.2, -0.15) is 0 Å². The van der Waals surface area contributed by atoms with Crippen molar-refractivity contribution in [2.45, 2.75) is 53.6 Å². The van der Waals surface area contributed by atoms with E-state index < -0.39 is 11.0 Å². The first kappa shape index (κ1) is 13.0. The van der Waals surface area contributed by atoms with Crippen LogP contribution in [-0.2, 0) is 9.53 Å². The first-order chi connectivity index (χ1) is 7.12. The SMILES string of the molecule is CC1=CC(C)(C(=O)OC(C)(C)C)C=C(C)C1. The van der Waals surface area contributed by atoms with Gasteiger partial charge in [-0.3, -0.25) is 4.79 Å². The summed E-state index contributed by atoms with van der Waals surface area (Å²) in [6.45, 7) is 11.7. The lowest BCUT2D eigenvalue weighted by molar-refractivity contribution is -0.161. The Bertz CT molecular complexity index is 335. The first-order valence-electron chi connectivity index (χ1n) is 5.72. The Morgan fingerprint density at radius 2 is 1.69 bits per heavy atom. The standard InChI is InChI=1S/C14H22O2/c1-10-7-11(2)9-14(6,8-10)12(15)16-13(3,4)5/h8-9H,7H2,1-6H3. The molecule has 1 rings (SSSR count). The average Bonchev–Trinajstić information content (AvgIpc) is 1.97. The van der Waals surface area contributed by atoms with Crippen molar-refractivity contribution in [1.82, 2.24) is 0 Å². The molecule has 0 atom stereocenters. The summed E-state index contributed by atoms with van der Waals surface area (Å²) in [5.74, 6) is -0.168. The van der Waals surface area contributed by atoms with Crippen LogP contribution in [0.5, 0.6) is 0 Å². The molecule has 90 valence electrons. The van der Waals surface area contributed by atoms with Crippen molar-refractivity contribution in [3.63, 3.8) is 0 Å². The molecular weight excluding hydrogens is 200 g/mol. The van der Waals surface area contributed by atoms with Crippen molar-refractivity contribution < 1.29 is 9.53 Å². The fourth-order valence-corrected chi connectivity index (χ4v) is 2.11. The molecule has 0 aliphatic heterocycles. The van der Waals surface area contributed by atoms with Crippen LogP contribution < -0.4 is 0 Å². The van der Waals surface area contributed by atoms with E-state index in [4.69, 9.17) is 4.74 Å². The molecule has 0 aromatic rings. The zero-order valence-corrected chi connectivity index (χ0v) is 11.2. The van der Waals surface area contributed by atoms with Crippen LogP contribution in [0.15, 0.2) is 23.3 Å². The largest absolute Gasteiger partial charge is 0.459 e. The third-order valence-corrected chi connectivity index (χ3v) is 2.49. The van der Waals surface area contributed by atoms with Crippen LogP contribution in [-0.4, -0.2) is 11.6 Å². The minimum atomic E-state index is -0.598. The molecule has 0 aromatic carbocycles. The summed E-state index contributed by atoms with van der Waals surface area (Å²) in [6, 6.07) is 0. The topological polar surface area (TPSA) is 26.3 Å². The van der Waals surface area contributed by atoms with Crippen LogP contribution in [0.2, 0.25) is 0 Å². The van der Waals surface area contributed by atoms with Gasteiger partial charge in [0.1, 0.15) is 11.0 Å². The van der Waals surface area contributed by atoms with E-state index in [0.29, 0.717) is 0 Å². The number of rotatable bonds is 1. The Kier molecular flexibility index (Phi) is 3.32. The molecule has 0 spiro atoms. The predicted octanol–water partition coefficient (Wildman–Crippen LogP) is 3.63. The van der Waals surface area contributed by atoms with E-state index in [9.17, 15) is 4.79 Å². The second-order valence-corrected chi connectivity index (χ2v) is 5.94. The van der Waals surface area contributed by atoms with Crippen LogP contribution in [0, 0.1) is 5.41 Å². The summed E-state index contributed by atoms with van der Waals surface area (Å²) >= 11 is 0. The van der Waals surface area contributed by atoms with Crippen LogP contribution in [0.1, 0.15) is 48.0 Å². The fourth-order valence-electron chi connectivity index (χ4n) is 2.11. The second-order valence-electron chi connectivity index (χ2n) is 5.94. The molecule has 16 heavy (non-hydrogen) atoms. The van der Waals surface area contributed by atoms with E-state index in [0.717, 1.165) is 6.42 Å². The van der Waals surface area contributed by atoms with Gasteiger partial charge >= 0.3 is 5.97 Å². The normalized spacial score (nSPS) is 19.9. The molecule has 0 saturated heterocycles. The molecule has 1 aliphatic rings. The van der Waals surface area contributed by atoms with Gasteiger partial charge < -0.3 is 4.74 Å². The predicted molar refractivity (Wildman–Crippen MR) is 66.1 cm³/mol. The molecule has 0 fully saturated rings. The molecule has 0 N–H and O–H groups in total. The maximum atomic E-state index is 12.1. The lowest BCUT2D eigenvalue weighted by Crippen LogP contribution is -2.34. The third kappa shape index (κ3) is 3.22. The van der Waals surface area contributed by atoms with Gasteiger partial charge in [-0.05, 0) is 48.0 Å². The first-order valence-corrected chi connectivity index (χ1v) is 5.72. The Morgan fingerprint density at radius 3 is 2.06 bits per heavy atom. The summed E-state index contributed by atoms with van der Waals surface area (Å²) in [6.07, 6.45) is 4.97. The number of carbonyl (C=O) groups is 1. The van der Waals surface area contributed by atoms with Gasteiger partial charge in [0.05, 0.1) is 0 Å². The molecule has 2 heteroatoms. The summed E-state index contributed by atoms with van der Waals surface area (Å²) in [5, 5.41) is 0. The Morgan fingerprint density at radius 1 is 1.25 bits per heavy atom. The number of allylic oxidation sites excluding steroid dienone is 2. The maximum Gasteiger partial charge on any atom is 0.320 e. The highest BCUT2D eigenvalue weighted by atomic mass is 16.6. The molecule has 0 bridgehead atoms. The van der Waals surface area contributed by atoms with Gasteiger partial charge in [-0.1, -0.05) is 23.3 Å². The summed E-state index contributed by atoms with van der Waals surface area (Å²) in [4.78, 5) is 12.1. The van der Waals surface area contributed by atoms with Crippen LogP contribution in [0.3, 0.4) is 0 Å². The van der Waals surface area contributed by atoms with Crippen LogP contribution >= 0.6 is 0 Å². The number of ether oxygens (including phenoxy) is 1. The van der Waals surface area contributed by atoms with Crippen molar-refractivity contribution in [3.8, 4) is 0 Å². The minimum Gasteiger partial charge on any atom is -0.459 e. The van der Waals surface area contributed by atoms with E-state index in [1.807, 2.05) is 39.8 Å². The average molecular weight is 222 g/mol. The van der Waals surface area contributed by atoms with E-state index in [-0.39, 0.29) is 5.97 Å². The lowest BCUT2D eigenvalue weighted by Gasteiger charge is -2.30. The van der Waals surface area contributed by atoms with E-state index >= 15 is 0 Å². The number of esters is 1. The molecule has 0 unspecified atom stereocenters. The highest BCUT2D eigenvalue weighted by molar-refractivity contribution is 5.82. The van der Waals surface area contributed by atoms with Crippen LogP contribution in [0.25, 0.3) is 0 Å². The number of carbonyl (C=O) groups excluding carboxylic acids is 1. The lowest BCUT2D eigenvalue weighted by atomic mass is 9.81. The Labute approximate surface area is 98.4 Å². The van der Waals surface area contributed by atoms with E-state index in [2.05, 4.69) is 13.8 Å². The zero-order chi connectivity index (χ0) is 12.6. The summed E-state index contributed by atoms with van der Waals surface area (Å²) < 4.78 is 5.45. The molecule has 0 radical (unpaired) electrons. The van der Waals surface area contributed by atoms with Crippen molar-refractivity contribution >= 4 is 5.97 Å². The van der Waals surface area contributed by atoms with Crippen molar-refractivity contribution in [1.29, 1.82) is 0 Å². The molecular formula is C14H22O2. The second kappa shape index (κ2) is 4.08. The van der Waals surface area contributed by atoms with Crippen LogP contribution in [0.4, 0.5) is 0 Å². The smallest absolute Gasteiger partial charge is 0.320 e. The van der Waals surface area contributed by atoms with Gasteiger partial charge in [0, 0.05) is 0 Å². The van der Waals surface area contributed by atoms with Gasteiger partial charge in [0.2, 0.25) is 0 Å².